The van der Waals surface area contributed by atoms with Crippen LogP contribution in [0.25, 0.3) is 0 Å². The molecule has 0 aliphatic rings. The van der Waals surface area contributed by atoms with Crippen molar-refractivity contribution in [1.82, 2.24) is 0 Å². The largest absolute Gasteiger partial charge is 1.00 e. The quantitative estimate of drug-likeness (QED) is 0.379. The third-order valence-corrected chi connectivity index (χ3v) is 4.50. The number of carboxylic acid groups (broad SMARTS) is 1. The number of nitrogens with zero attached hydrogens (tertiary/aromatic N) is 1. The van der Waals surface area contributed by atoms with Crippen LogP contribution < -0.4 is 39.4 Å². The zero-order chi connectivity index (χ0) is 17.2. The Morgan fingerprint density at radius 2 is 1.79 bits per heavy atom. The van der Waals surface area contributed by atoms with E-state index in [-0.39, 0.29) is 45.8 Å². The molecule has 24 heavy (non-hydrogen) atoms. The van der Waals surface area contributed by atoms with Crippen molar-refractivity contribution in [2.24, 2.45) is 0 Å². The molecule has 0 aromatic heterocycles. The van der Waals surface area contributed by atoms with Gasteiger partial charge in [-0.3, -0.25) is 14.8 Å². The molecule has 8 nitrogen and oxygen atoms in total. The molecule has 0 fully saturated rings. The molecule has 0 amide bonds. The van der Waals surface area contributed by atoms with Gasteiger partial charge in [0.25, 0.3) is 15.7 Å². The number of sulfonamides is 1. The van der Waals surface area contributed by atoms with Crippen molar-refractivity contribution in [3.8, 4) is 0 Å². The first-order valence-corrected chi connectivity index (χ1v) is 7.85. The van der Waals surface area contributed by atoms with Gasteiger partial charge in [-0.15, -0.1) is 0 Å². The molecule has 0 aliphatic carbocycles. The van der Waals surface area contributed by atoms with Crippen LogP contribution in [0.15, 0.2) is 47.4 Å². The number of rotatable bonds is 5. The van der Waals surface area contributed by atoms with Crippen LogP contribution in [0.3, 0.4) is 0 Å². The van der Waals surface area contributed by atoms with Crippen molar-refractivity contribution >= 4 is 39.0 Å². The second kappa shape index (κ2) is 7.95. The number of anilines is 1. The minimum absolute atomic E-state index is 0. The number of nitrogens with one attached hydrogen (secondary N) is 1. The molecule has 0 spiro atoms. The maximum Gasteiger partial charge on any atom is 1.00 e. The molecule has 0 heterocycles. The van der Waals surface area contributed by atoms with Gasteiger partial charge in [0.05, 0.1) is 21.5 Å². The Labute approximate surface area is 163 Å². The third kappa shape index (κ3) is 4.46. The third-order valence-electron chi connectivity index (χ3n) is 2.82. The Kier molecular flexibility index (Phi) is 6.76. The fourth-order valence-corrected chi connectivity index (χ4v) is 3.04. The number of nitro groups is 1. The maximum absolute atomic E-state index is 12.3. The van der Waals surface area contributed by atoms with E-state index < -0.39 is 31.5 Å². The molecular formula is C13H8ClN2NaO6S. The summed E-state index contributed by atoms with van der Waals surface area (Å²) in [6, 6.07) is 8.14. The number of hydrogen-bond donors (Lipinski definition) is 1. The zero-order valence-corrected chi connectivity index (χ0v) is 15.8. The molecule has 0 aliphatic heterocycles. The van der Waals surface area contributed by atoms with Gasteiger partial charge in [-0.25, -0.2) is 8.42 Å². The number of hydrogen-bond acceptors (Lipinski definition) is 6. The number of para-hydroxylation sites is 1. The molecule has 0 radical (unpaired) electrons. The normalized spacial score (nSPS) is 10.5. The van der Waals surface area contributed by atoms with E-state index in [1.807, 2.05) is 0 Å². The number of halogens is 1. The Morgan fingerprint density at radius 1 is 1.17 bits per heavy atom. The molecule has 120 valence electrons. The number of carbonyl (C=O) groups excluding carboxylic acids is 1. The molecule has 0 unspecified atom stereocenters. The van der Waals surface area contributed by atoms with E-state index in [9.17, 15) is 28.4 Å². The first kappa shape index (κ1) is 20.4. The molecule has 2 aromatic rings. The van der Waals surface area contributed by atoms with Crippen LogP contribution in [-0.2, 0) is 10.0 Å². The van der Waals surface area contributed by atoms with Crippen molar-refractivity contribution < 1.29 is 52.8 Å². The SMILES string of the molecule is O=C([O-])c1ccccc1NS(=O)(=O)c1ccc(Cl)c([N+](=O)[O-])c1.[Na+]. The molecule has 0 saturated carbocycles. The van der Waals surface area contributed by atoms with Gasteiger partial charge in [-0.1, -0.05) is 29.8 Å². The summed E-state index contributed by atoms with van der Waals surface area (Å²) in [7, 11) is -4.25. The van der Waals surface area contributed by atoms with Crippen molar-refractivity contribution in [1.29, 1.82) is 0 Å². The molecule has 2 aromatic carbocycles. The van der Waals surface area contributed by atoms with Gasteiger partial charge >= 0.3 is 29.6 Å². The minimum Gasteiger partial charge on any atom is -0.545 e. The molecule has 11 heteroatoms. The van der Waals surface area contributed by atoms with Crippen molar-refractivity contribution in [3.63, 3.8) is 0 Å². The second-order valence-electron chi connectivity index (χ2n) is 4.31. The fourth-order valence-electron chi connectivity index (χ4n) is 1.75. The molecule has 0 bridgehead atoms. The molecule has 1 N–H and O–H groups in total. The standard InChI is InChI=1S/C13H9ClN2O6S.Na/c14-10-6-5-8(7-12(10)16(19)20)23(21,22)15-11-4-2-1-3-9(11)13(17)18;/h1-7,15H,(H,17,18);/q;+1/p-1. The van der Waals surface area contributed by atoms with E-state index in [1.54, 1.807) is 0 Å². The van der Waals surface area contributed by atoms with Gasteiger partial charge in [-0.2, -0.15) is 0 Å². The second-order valence-corrected chi connectivity index (χ2v) is 6.40. The van der Waals surface area contributed by atoms with Gasteiger partial charge in [0, 0.05) is 11.6 Å². The Balaban J connectivity index is 0.00000288. The van der Waals surface area contributed by atoms with Crippen LogP contribution in [0.5, 0.6) is 0 Å². The zero-order valence-electron chi connectivity index (χ0n) is 12.2. The predicted molar refractivity (Wildman–Crippen MR) is 79.7 cm³/mol. The molecule has 0 atom stereocenters. The van der Waals surface area contributed by atoms with Crippen molar-refractivity contribution in [2.45, 2.75) is 4.90 Å². The minimum atomic E-state index is -4.25. The van der Waals surface area contributed by atoms with Gasteiger partial charge in [0.15, 0.2) is 0 Å². The van der Waals surface area contributed by atoms with Gasteiger partial charge in [-0.05, 0) is 18.2 Å². The number of carboxylic acids is 1. The average Bonchev–Trinajstić information content (AvgIpc) is 2.47. The molecule has 2 rings (SSSR count). The first-order valence-electron chi connectivity index (χ1n) is 5.99. The van der Waals surface area contributed by atoms with Crippen LogP contribution in [0.1, 0.15) is 10.4 Å². The smallest absolute Gasteiger partial charge is 0.545 e. The van der Waals surface area contributed by atoms with Crippen LogP contribution in [0.2, 0.25) is 5.02 Å². The number of aromatic carboxylic acids is 1. The summed E-state index contributed by atoms with van der Waals surface area (Å²) in [6.45, 7) is 0. The Morgan fingerprint density at radius 3 is 2.38 bits per heavy atom. The molecule has 0 saturated heterocycles. The van der Waals surface area contributed by atoms with Gasteiger partial charge in [0.2, 0.25) is 0 Å². The predicted octanol–water partition coefficient (Wildman–Crippen LogP) is -1.58. The summed E-state index contributed by atoms with van der Waals surface area (Å²) in [6.07, 6.45) is 0. The fraction of sp³-hybridized carbons (Fsp3) is 0. The van der Waals surface area contributed by atoms with E-state index >= 15 is 0 Å². The first-order chi connectivity index (χ1) is 10.7. The van der Waals surface area contributed by atoms with Crippen LogP contribution in [-0.4, -0.2) is 19.3 Å². The van der Waals surface area contributed by atoms with Crippen LogP contribution >= 0.6 is 11.6 Å². The Hall–Kier alpha value is -1.65. The van der Waals surface area contributed by atoms with E-state index in [0.717, 1.165) is 24.3 Å². The molecular weight excluding hydrogens is 371 g/mol. The van der Waals surface area contributed by atoms with Gasteiger partial charge in [0.1, 0.15) is 5.02 Å². The number of benzene rings is 2. The van der Waals surface area contributed by atoms with E-state index in [1.165, 1.54) is 18.2 Å². The monoisotopic (exact) mass is 378 g/mol. The van der Waals surface area contributed by atoms with E-state index in [4.69, 9.17) is 11.6 Å². The van der Waals surface area contributed by atoms with Gasteiger partial charge < -0.3 is 9.90 Å². The topological polar surface area (TPSA) is 129 Å². The summed E-state index contributed by atoms with van der Waals surface area (Å²) in [5, 5.41) is 21.6. The van der Waals surface area contributed by atoms with E-state index in [0.29, 0.717) is 0 Å². The van der Waals surface area contributed by atoms with Crippen LogP contribution in [0.4, 0.5) is 11.4 Å². The summed E-state index contributed by atoms with van der Waals surface area (Å²) >= 11 is 5.63. The summed E-state index contributed by atoms with van der Waals surface area (Å²) < 4.78 is 26.6. The summed E-state index contributed by atoms with van der Waals surface area (Å²) in [4.78, 5) is 20.6. The van der Waals surface area contributed by atoms with Crippen molar-refractivity contribution in [2.75, 3.05) is 4.72 Å². The number of nitro benzene ring substituents is 1. The van der Waals surface area contributed by atoms with Crippen LogP contribution in [0, 0.1) is 10.1 Å². The van der Waals surface area contributed by atoms with E-state index in [2.05, 4.69) is 4.72 Å². The van der Waals surface area contributed by atoms with Crippen molar-refractivity contribution in [3.05, 3.63) is 63.2 Å². The Bertz CT molecular complexity index is 903. The summed E-state index contributed by atoms with van der Waals surface area (Å²) in [5.74, 6) is -1.56. The maximum atomic E-state index is 12.3. The summed E-state index contributed by atoms with van der Waals surface area (Å²) in [5.41, 5.74) is -1.16. The average molecular weight is 379 g/mol. The number of carbonyl (C=O) groups is 1.